The predicted molar refractivity (Wildman–Crippen MR) is 81.7 cm³/mol. The van der Waals surface area contributed by atoms with E-state index in [0.717, 1.165) is 0 Å². The number of hydrogen-bond acceptors (Lipinski definition) is 3. The van der Waals surface area contributed by atoms with E-state index in [1.54, 1.807) is 12.1 Å². The number of halogens is 1. The van der Waals surface area contributed by atoms with E-state index in [0.29, 0.717) is 16.8 Å². The van der Waals surface area contributed by atoms with Gasteiger partial charge in [-0.2, -0.15) is 0 Å². The van der Waals surface area contributed by atoms with E-state index in [1.165, 1.54) is 6.07 Å². The average molecular weight is 343 g/mol. The van der Waals surface area contributed by atoms with Crippen molar-refractivity contribution in [2.75, 3.05) is 11.9 Å². The number of nitrogens with one attached hydrogen (secondary N) is 1. The third-order valence-electron chi connectivity index (χ3n) is 2.88. The maximum atomic E-state index is 12.2. The molecular formula is C14H19BrN2O3. The molecule has 6 heteroatoms. The van der Waals surface area contributed by atoms with Crippen molar-refractivity contribution >= 4 is 33.5 Å². The third-order valence-corrected chi connectivity index (χ3v) is 3.37. The Morgan fingerprint density at radius 2 is 2.05 bits per heavy atom. The Balaban J connectivity index is 2.94. The zero-order chi connectivity index (χ0) is 15.3. The molecule has 0 saturated heterocycles. The fourth-order valence-electron chi connectivity index (χ4n) is 1.92. The van der Waals surface area contributed by atoms with Gasteiger partial charge in [-0.3, -0.25) is 4.79 Å². The molecule has 0 heterocycles. The van der Waals surface area contributed by atoms with Crippen LogP contribution in [0.2, 0.25) is 0 Å². The Morgan fingerprint density at radius 1 is 1.40 bits per heavy atom. The largest absolute Gasteiger partial charge is 0.478 e. The number of hydrogen-bond donors (Lipinski definition) is 3. The van der Waals surface area contributed by atoms with E-state index in [-0.39, 0.29) is 29.6 Å². The molecule has 4 N–H and O–H groups in total. The summed E-state index contributed by atoms with van der Waals surface area (Å²) in [5, 5.41) is 11.8. The number of nitrogens with two attached hydrogens (primary N) is 1. The van der Waals surface area contributed by atoms with Crippen molar-refractivity contribution in [3.63, 3.8) is 0 Å². The van der Waals surface area contributed by atoms with E-state index < -0.39 is 5.97 Å². The van der Waals surface area contributed by atoms with Gasteiger partial charge >= 0.3 is 5.97 Å². The lowest BCUT2D eigenvalue weighted by Gasteiger charge is -2.17. The van der Waals surface area contributed by atoms with Crippen LogP contribution < -0.4 is 11.1 Å². The van der Waals surface area contributed by atoms with Gasteiger partial charge in [-0.05, 0) is 30.5 Å². The van der Waals surface area contributed by atoms with Gasteiger partial charge in [0.2, 0.25) is 5.91 Å². The van der Waals surface area contributed by atoms with Crippen LogP contribution in [0.4, 0.5) is 5.69 Å². The smallest absolute Gasteiger partial charge is 0.337 e. The van der Waals surface area contributed by atoms with Crippen molar-refractivity contribution in [3.05, 3.63) is 28.2 Å². The first-order chi connectivity index (χ1) is 9.35. The summed E-state index contributed by atoms with van der Waals surface area (Å²) >= 11 is 3.26. The molecular weight excluding hydrogens is 324 g/mol. The van der Waals surface area contributed by atoms with Gasteiger partial charge in [0.25, 0.3) is 0 Å². The fraction of sp³-hybridized carbons (Fsp3) is 0.429. The van der Waals surface area contributed by atoms with Gasteiger partial charge in [0.1, 0.15) is 0 Å². The highest BCUT2D eigenvalue weighted by molar-refractivity contribution is 9.10. The third kappa shape index (κ3) is 4.61. The van der Waals surface area contributed by atoms with E-state index in [4.69, 9.17) is 10.8 Å². The first kappa shape index (κ1) is 16.7. The lowest BCUT2D eigenvalue weighted by atomic mass is 9.96. The van der Waals surface area contributed by atoms with Gasteiger partial charge in [-0.15, -0.1) is 0 Å². The normalized spacial score (nSPS) is 12.2. The monoisotopic (exact) mass is 342 g/mol. The second-order valence-corrected chi connectivity index (χ2v) is 5.96. The highest BCUT2D eigenvalue weighted by atomic mass is 79.9. The lowest BCUT2D eigenvalue weighted by Crippen LogP contribution is -2.30. The molecule has 0 saturated carbocycles. The van der Waals surface area contributed by atoms with Crippen LogP contribution in [-0.4, -0.2) is 23.5 Å². The van der Waals surface area contributed by atoms with E-state index in [1.807, 2.05) is 13.8 Å². The highest BCUT2D eigenvalue weighted by Crippen LogP contribution is 2.23. The molecule has 0 aliphatic rings. The van der Waals surface area contributed by atoms with Crippen LogP contribution in [0, 0.1) is 11.8 Å². The molecule has 1 amide bonds. The summed E-state index contributed by atoms with van der Waals surface area (Å²) in [7, 11) is 0. The Bertz CT molecular complexity index is 503. The van der Waals surface area contributed by atoms with Gasteiger partial charge in [0, 0.05) is 11.0 Å². The highest BCUT2D eigenvalue weighted by Gasteiger charge is 2.20. The zero-order valence-electron chi connectivity index (χ0n) is 11.5. The minimum atomic E-state index is -1.08. The summed E-state index contributed by atoms with van der Waals surface area (Å²) in [6.07, 6.45) is 0.665. The fourth-order valence-corrected chi connectivity index (χ4v) is 2.28. The van der Waals surface area contributed by atoms with Crippen LogP contribution in [0.25, 0.3) is 0 Å². The molecule has 0 aliphatic heterocycles. The Hall–Kier alpha value is -1.40. The van der Waals surface area contributed by atoms with E-state index in [9.17, 15) is 9.59 Å². The van der Waals surface area contributed by atoms with Gasteiger partial charge < -0.3 is 16.2 Å². The molecule has 0 aromatic heterocycles. The van der Waals surface area contributed by atoms with Gasteiger partial charge in [0.05, 0.1) is 17.2 Å². The van der Waals surface area contributed by atoms with Gasteiger partial charge in [-0.1, -0.05) is 29.8 Å². The molecule has 0 aliphatic carbocycles. The minimum absolute atomic E-state index is 0.0573. The van der Waals surface area contributed by atoms with Crippen LogP contribution >= 0.6 is 15.9 Å². The maximum absolute atomic E-state index is 12.2. The van der Waals surface area contributed by atoms with Crippen LogP contribution in [-0.2, 0) is 4.79 Å². The summed E-state index contributed by atoms with van der Waals surface area (Å²) in [6, 6.07) is 4.64. The van der Waals surface area contributed by atoms with Gasteiger partial charge in [-0.25, -0.2) is 4.79 Å². The predicted octanol–water partition coefficient (Wildman–Crippen LogP) is 2.71. The Morgan fingerprint density at radius 3 is 2.55 bits per heavy atom. The second kappa shape index (κ2) is 7.40. The minimum Gasteiger partial charge on any atom is -0.478 e. The molecule has 1 unspecified atom stereocenters. The molecule has 5 nitrogen and oxygen atoms in total. The molecule has 1 rings (SSSR count). The van der Waals surface area contributed by atoms with Crippen LogP contribution in [0.1, 0.15) is 30.6 Å². The Kier molecular flexibility index (Phi) is 6.16. The molecule has 0 spiro atoms. The molecule has 0 radical (unpaired) electrons. The second-order valence-electron chi connectivity index (χ2n) is 5.05. The number of anilines is 1. The molecule has 0 fully saturated rings. The van der Waals surface area contributed by atoms with Crippen molar-refractivity contribution < 1.29 is 14.7 Å². The number of benzene rings is 1. The van der Waals surface area contributed by atoms with Crippen LogP contribution in [0.15, 0.2) is 22.7 Å². The summed E-state index contributed by atoms with van der Waals surface area (Å²) in [5.41, 5.74) is 5.95. The van der Waals surface area contributed by atoms with E-state index >= 15 is 0 Å². The first-order valence-electron chi connectivity index (χ1n) is 6.39. The summed E-state index contributed by atoms with van der Waals surface area (Å²) in [6.45, 7) is 4.26. The number of carbonyl (C=O) groups excluding carboxylic acids is 1. The number of carboxylic acid groups (broad SMARTS) is 1. The number of carboxylic acids is 1. The topological polar surface area (TPSA) is 92.4 Å². The Labute approximate surface area is 126 Å². The van der Waals surface area contributed by atoms with Crippen molar-refractivity contribution in [1.29, 1.82) is 0 Å². The molecule has 1 aromatic carbocycles. The maximum Gasteiger partial charge on any atom is 0.337 e. The quantitative estimate of drug-likeness (QED) is 0.740. The summed E-state index contributed by atoms with van der Waals surface area (Å²) < 4.78 is 0.700. The first-order valence-corrected chi connectivity index (χ1v) is 7.18. The summed E-state index contributed by atoms with van der Waals surface area (Å²) in [5.74, 6) is -1.31. The van der Waals surface area contributed by atoms with E-state index in [2.05, 4.69) is 21.2 Å². The molecule has 0 bridgehead atoms. The number of amides is 1. The zero-order valence-corrected chi connectivity index (χ0v) is 13.1. The van der Waals surface area contributed by atoms with Crippen LogP contribution in [0.3, 0.4) is 0 Å². The molecule has 1 aromatic rings. The molecule has 20 heavy (non-hydrogen) atoms. The van der Waals surface area contributed by atoms with Crippen molar-refractivity contribution in [3.8, 4) is 0 Å². The average Bonchev–Trinajstić information content (AvgIpc) is 2.35. The summed E-state index contributed by atoms with van der Waals surface area (Å²) in [4.78, 5) is 23.3. The SMILES string of the molecule is CC(C)CC(CN)C(=O)Nc1cc(Br)ccc1C(=O)O. The number of rotatable bonds is 6. The number of carbonyl (C=O) groups is 2. The van der Waals surface area contributed by atoms with Crippen molar-refractivity contribution in [1.82, 2.24) is 0 Å². The van der Waals surface area contributed by atoms with Gasteiger partial charge in [0.15, 0.2) is 0 Å². The molecule has 110 valence electrons. The molecule has 1 atom stereocenters. The van der Waals surface area contributed by atoms with Crippen molar-refractivity contribution in [2.45, 2.75) is 20.3 Å². The van der Waals surface area contributed by atoms with Crippen LogP contribution in [0.5, 0.6) is 0 Å². The standard InChI is InChI=1S/C14H19BrN2O3/c1-8(2)5-9(7-16)13(18)17-12-6-10(15)3-4-11(12)14(19)20/h3-4,6,8-9H,5,7,16H2,1-2H3,(H,17,18)(H,19,20). The van der Waals surface area contributed by atoms with Crippen molar-refractivity contribution in [2.24, 2.45) is 17.6 Å². The number of aromatic carboxylic acids is 1. The lowest BCUT2D eigenvalue weighted by molar-refractivity contribution is -0.120.